The molecule has 0 saturated carbocycles. The van der Waals surface area contributed by atoms with Crippen molar-refractivity contribution in [3.05, 3.63) is 72.3 Å². The number of aliphatic imine (C=N–C) groups is 1. The molecule has 0 saturated heterocycles. The first-order chi connectivity index (χ1) is 14.1. The average Bonchev–Trinajstić information content (AvgIpc) is 2.74. The maximum Gasteiger partial charge on any atom is 0.193 e. The summed E-state index contributed by atoms with van der Waals surface area (Å²) in [6.07, 6.45) is 3.13. The molecular formula is C21H21FN4O3. The summed E-state index contributed by atoms with van der Waals surface area (Å²) in [5, 5.41) is 2.96. The van der Waals surface area contributed by atoms with Crippen LogP contribution in [0.5, 0.6) is 23.0 Å². The minimum absolute atomic E-state index is 0.113. The minimum atomic E-state index is -0.493. The minimum Gasteiger partial charge on any atom is -0.493 e. The highest BCUT2D eigenvalue weighted by atomic mass is 19.1. The zero-order valence-corrected chi connectivity index (χ0v) is 16.1. The number of guanidine groups is 1. The third-order valence-corrected chi connectivity index (χ3v) is 3.95. The van der Waals surface area contributed by atoms with Crippen LogP contribution in [0.1, 0.15) is 5.56 Å². The van der Waals surface area contributed by atoms with E-state index in [1.807, 2.05) is 0 Å². The second-order valence-corrected chi connectivity index (χ2v) is 5.95. The normalized spacial score (nSPS) is 11.1. The van der Waals surface area contributed by atoms with Crippen molar-refractivity contribution in [1.29, 1.82) is 0 Å². The van der Waals surface area contributed by atoms with Crippen LogP contribution in [0.15, 0.2) is 65.9 Å². The van der Waals surface area contributed by atoms with E-state index in [1.165, 1.54) is 12.3 Å². The first-order valence-corrected chi connectivity index (χ1v) is 8.74. The number of nitrogens with zero attached hydrogens (tertiary/aromatic N) is 2. The molecule has 2 aromatic carbocycles. The lowest BCUT2D eigenvalue weighted by atomic mass is 10.2. The molecule has 0 bridgehead atoms. The van der Waals surface area contributed by atoms with E-state index in [1.54, 1.807) is 62.9 Å². The van der Waals surface area contributed by atoms with Gasteiger partial charge < -0.3 is 25.3 Å². The van der Waals surface area contributed by atoms with Gasteiger partial charge in [-0.25, -0.2) is 9.38 Å². The maximum absolute atomic E-state index is 14.3. The van der Waals surface area contributed by atoms with Crippen LogP contribution in [0, 0.1) is 5.82 Å². The summed E-state index contributed by atoms with van der Waals surface area (Å²) in [5.41, 5.74) is 7.27. The number of pyridine rings is 1. The fourth-order valence-electron chi connectivity index (χ4n) is 2.54. The van der Waals surface area contributed by atoms with Gasteiger partial charge in [-0.2, -0.15) is 0 Å². The molecule has 0 atom stereocenters. The molecular weight excluding hydrogens is 375 g/mol. The van der Waals surface area contributed by atoms with E-state index in [0.717, 1.165) is 0 Å². The van der Waals surface area contributed by atoms with Gasteiger partial charge in [0.25, 0.3) is 0 Å². The summed E-state index contributed by atoms with van der Waals surface area (Å²) in [6.45, 7) is 0.205. The Labute approximate surface area is 168 Å². The van der Waals surface area contributed by atoms with Gasteiger partial charge in [0.1, 0.15) is 5.75 Å². The highest BCUT2D eigenvalue weighted by molar-refractivity contribution is 5.92. The van der Waals surface area contributed by atoms with E-state index in [9.17, 15) is 4.39 Å². The van der Waals surface area contributed by atoms with Crippen molar-refractivity contribution in [2.75, 3.05) is 19.5 Å². The topological polar surface area (TPSA) is 91.0 Å². The summed E-state index contributed by atoms with van der Waals surface area (Å²) in [5.74, 6) is 1.44. The summed E-state index contributed by atoms with van der Waals surface area (Å²) in [7, 11) is 3.11. The molecule has 0 amide bonds. The summed E-state index contributed by atoms with van der Waals surface area (Å²) in [6, 6.07) is 13.3. The Hall–Kier alpha value is -3.81. The molecule has 0 spiro atoms. The number of ether oxygens (including phenoxy) is 3. The third kappa shape index (κ3) is 5.35. The molecule has 3 aromatic rings. The van der Waals surface area contributed by atoms with Gasteiger partial charge in [-0.15, -0.1) is 0 Å². The van der Waals surface area contributed by atoms with Crippen LogP contribution in [0.3, 0.4) is 0 Å². The second-order valence-electron chi connectivity index (χ2n) is 5.95. The van der Waals surface area contributed by atoms with Crippen LogP contribution in [0.2, 0.25) is 0 Å². The number of nitrogens with one attached hydrogen (secondary N) is 1. The molecule has 150 valence electrons. The Balaban J connectivity index is 1.64. The molecule has 0 aliphatic heterocycles. The van der Waals surface area contributed by atoms with Crippen molar-refractivity contribution in [2.45, 2.75) is 6.54 Å². The zero-order chi connectivity index (χ0) is 20.6. The van der Waals surface area contributed by atoms with Crippen molar-refractivity contribution < 1.29 is 18.6 Å². The second kappa shape index (κ2) is 9.41. The predicted octanol–water partition coefficient (Wildman–Crippen LogP) is 3.96. The lowest BCUT2D eigenvalue weighted by Crippen LogP contribution is -2.22. The third-order valence-electron chi connectivity index (χ3n) is 3.95. The van der Waals surface area contributed by atoms with Gasteiger partial charge >= 0.3 is 0 Å². The van der Waals surface area contributed by atoms with E-state index in [0.29, 0.717) is 28.5 Å². The number of aromatic nitrogens is 1. The van der Waals surface area contributed by atoms with E-state index in [-0.39, 0.29) is 18.3 Å². The number of hydrogen-bond donors (Lipinski definition) is 2. The van der Waals surface area contributed by atoms with Crippen LogP contribution in [-0.4, -0.2) is 25.2 Å². The molecule has 7 nitrogen and oxygen atoms in total. The Morgan fingerprint density at radius 2 is 1.86 bits per heavy atom. The van der Waals surface area contributed by atoms with Crippen molar-refractivity contribution in [3.8, 4) is 23.0 Å². The van der Waals surface area contributed by atoms with Crippen LogP contribution < -0.4 is 25.3 Å². The maximum atomic E-state index is 14.3. The van der Waals surface area contributed by atoms with Crippen LogP contribution >= 0.6 is 0 Å². The smallest absolute Gasteiger partial charge is 0.193 e. The van der Waals surface area contributed by atoms with Gasteiger partial charge in [0, 0.05) is 18.0 Å². The van der Waals surface area contributed by atoms with Crippen LogP contribution in [0.25, 0.3) is 0 Å². The molecule has 0 aliphatic rings. The first-order valence-electron chi connectivity index (χ1n) is 8.74. The SMILES string of the molecule is COc1ccc(NC(N)=NCc2ccc(Oc3cccnc3)c(F)c2)cc1OC. The lowest BCUT2D eigenvalue weighted by Gasteiger charge is -2.11. The monoisotopic (exact) mass is 396 g/mol. The Morgan fingerprint density at radius 3 is 2.55 bits per heavy atom. The number of halogens is 1. The van der Waals surface area contributed by atoms with Crippen molar-refractivity contribution in [2.24, 2.45) is 10.7 Å². The fourth-order valence-corrected chi connectivity index (χ4v) is 2.54. The number of methoxy groups -OCH3 is 2. The van der Waals surface area contributed by atoms with Gasteiger partial charge in [0.2, 0.25) is 0 Å². The van der Waals surface area contributed by atoms with Crippen LogP contribution in [0.4, 0.5) is 10.1 Å². The molecule has 8 heteroatoms. The molecule has 0 radical (unpaired) electrons. The summed E-state index contributed by atoms with van der Waals surface area (Å²) < 4.78 is 30.2. The van der Waals surface area contributed by atoms with E-state index in [4.69, 9.17) is 19.9 Å². The summed E-state index contributed by atoms with van der Waals surface area (Å²) in [4.78, 5) is 8.17. The standard InChI is InChI=1S/C21H21FN4O3/c1-27-19-8-6-15(11-20(19)28-2)26-21(23)25-12-14-5-7-18(17(22)10-14)29-16-4-3-9-24-13-16/h3-11,13H,12H2,1-2H3,(H3,23,25,26). The number of benzene rings is 2. The molecule has 3 rings (SSSR count). The Bertz CT molecular complexity index is 996. The van der Waals surface area contributed by atoms with Crippen molar-refractivity contribution in [1.82, 2.24) is 4.98 Å². The van der Waals surface area contributed by atoms with E-state index < -0.39 is 5.82 Å². The highest BCUT2D eigenvalue weighted by Gasteiger charge is 2.07. The largest absolute Gasteiger partial charge is 0.493 e. The number of rotatable bonds is 7. The molecule has 3 N–H and O–H groups in total. The molecule has 1 aromatic heterocycles. The van der Waals surface area contributed by atoms with Crippen molar-refractivity contribution >= 4 is 11.6 Å². The highest BCUT2D eigenvalue weighted by Crippen LogP contribution is 2.29. The molecule has 0 aliphatic carbocycles. The van der Waals surface area contributed by atoms with E-state index in [2.05, 4.69) is 15.3 Å². The van der Waals surface area contributed by atoms with Gasteiger partial charge in [0.05, 0.1) is 27.0 Å². The lowest BCUT2D eigenvalue weighted by molar-refractivity contribution is 0.355. The molecule has 0 unspecified atom stereocenters. The quantitative estimate of drug-likeness (QED) is 0.464. The fraction of sp³-hybridized carbons (Fsp3) is 0.143. The van der Waals surface area contributed by atoms with Crippen LogP contribution in [-0.2, 0) is 6.54 Å². The van der Waals surface area contributed by atoms with Gasteiger partial charge in [-0.3, -0.25) is 4.98 Å². The number of nitrogens with two attached hydrogens (primary N) is 1. The average molecular weight is 396 g/mol. The molecule has 29 heavy (non-hydrogen) atoms. The Morgan fingerprint density at radius 1 is 1.07 bits per heavy atom. The predicted molar refractivity (Wildman–Crippen MR) is 109 cm³/mol. The first kappa shape index (κ1) is 19.9. The summed E-state index contributed by atoms with van der Waals surface area (Å²) >= 11 is 0. The number of anilines is 1. The van der Waals surface area contributed by atoms with Gasteiger partial charge in [-0.05, 0) is 42.0 Å². The Kier molecular flexibility index (Phi) is 6.47. The van der Waals surface area contributed by atoms with Gasteiger partial charge in [-0.1, -0.05) is 6.07 Å². The zero-order valence-electron chi connectivity index (χ0n) is 16.1. The van der Waals surface area contributed by atoms with Crippen molar-refractivity contribution in [3.63, 3.8) is 0 Å². The molecule has 0 fully saturated rings. The van der Waals surface area contributed by atoms with E-state index >= 15 is 0 Å². The number of hydrogen-bond acceptors (Lipinski definition) is 5. The van der Waals surface area contributed by atoms with Gasteiger partial charge in [0.15, 0.2) is 29.0 Å². The molecule has 1 heterocycles.